The van der Waals surface area contributed by atoms with Gasteiger partial charge in [-0.05, 0) is 50.1 Å². The van der Waals surface area contributed by atoms with Crippen LogP contribution >= 0.6 is 0 Å². The normalized spacial score (nSPS) is 23.1. The molecule has 2 fully saturated rings. The molecular formula is C22H22FN5O4. The van der Waals surface area contributed by atoms with E-state index in [0.717, 1.165) is 12.8 Å². The molecule has 3 N–H and O–H groups in total. The van der Waals surface area contributed by atoms with E-state index in [-0.39, 0.29) is 19.0 Å². The molecule has 0 unspecified atom stereocenters. The molecule has 2 aliphatic rings. The van der Waals surface area contributed by atoms with Crippen LogP contribution in [0.2, 0.25) is 0 Å². The molecule has 2 aromatic heterocycles. The molecule has 5 rings (SSSR count). The molecule has 1 aliphatic carbocycles. The molecule has 10 heteroatoms. The van der Waals surface area contributed by atoms with Crippen molar-refractivity contribution in [3.8, 4) is 22.6 Å². The molecule has 0 bridgehead atoms. The molecule has 9 nitrogen and oxygen atoms in total. The van der Waals surface area contributed by atoms with Crippen molar-refractivity contribution in [2.24, 2.45) is 5.41 Å². The highest BCUT2D eigenvalue weighted by atomic mass is 19.1. The van der Waals surface area contributed by atoms with Gasteiger partial charge in [-0.15, -0.1) is 0 Å². The number of hydrogen-bond acceptors (Lipinski definition) is 7. The Morgan fingerprint density at radius 1 is 1.19 bits per heavy atom. The fourth-order valence-electron chi connectivity index (χ4n) is 3.37. The third kappa shape index (κ3) is 4.06. The Morgan fingerprint density at radius 3 is 2.56 bits per heavy atom. The zero-order valence-corrected chi connectivity index (χ0v) is 17.3. The van der Waals surface area contributed by atoms with E-state index in [4.69, 9.17) is 9.47 Å². The molecule has 0 atom stereocenters. The number of H-pyrrole nitrogens is 1. The van der Waals surface area contributed by atoms with Crippen molar-refractivity contribution in [1.29, 1.82) is 0 Å². The summed E-state index contributed by atoms with van der Waals surface area (Å²) in [5.41, 5.74) is 1.32. The summed E-state index contributed by atoms with van der Waals surface area (Å²) in [5, 5.41) is 12.7. The molecule has 32 heavy (non-hydrogen) atoms. The number of hydrogen-bond donors (Lipinski definition) is 3. The number of rotatable bonds is 6. The maximum atomic E-state index is 13.5. The van der Waals surface area contributed by atoms with Crippen LogP contribution < -0.4 is 5.32 Å². The van der Waals surface area contributed by atoms with Crippen LogP contribution in [0.15, 0.2) is 36.5 Å². The van der Waals surface area contributed by atoms with Crippen LogP contribution in [0.25, 0.3) is 22.6 Å². The molecule has 1 saturated carbocycles. The molecule has 3 aromatic rings. The first kappa shape index (κ1) is 20.5. The molecule has 0 spiro atoms. The maximum absolute atomic E-state index is 13.5. The smallest absolute Gasteiger partial charge is 0.314 e. The summed E-state index contributed by atoms with van der Waals surface area (Å²) in [6.07, 6.45) is 2.98. The van der Waals surface area contributed by atoms with Gasteiger partial charge in [-0.1, -0.05) is 0 Å². The van der Waals surface area contributed by atoms with E-state index in [9.17, 15) is 14.3 Å². The SMILES string of the molecule is CC1(C(=O)O)COC(c2nc(-c3ccc(F)cc3)c(-c3ccnc(NC4CC4)n3)[nH]2)OC1. The number of carbonyl (C=O) groups is 1. The van der Waals surface area contributed by atoms with Gasteiger partial charge in [0.2, 0.25) is 12.2 Å². The lowest BCUT2D eigenvalue weighted by atomic mass is 9.92. The minimum atomic E-state index is -1.12. The standard InChI is InChI=1S/C22H22FN5O4/c1-22(20(29)30)10-31-19(32-11-22)18-27-16(12-2-4-13(23)5-3-12)17(28-18)15-8-9-24-21(26-15)25-14-6-7-14/h2-5,8-9,14,19H,6-7,10-11H2,1H3,(H,27,28)(H,29,30)(H,24,25,26). The summed E-state index contributed by atoms with van der Waals surface area (Å²) in [4.78, 5) is 28.2. The van der Waals surface area contributed by atoms with Crippen molar-refractivity contribution in [1.82, 2.24) is 19.9 Å². The fraction of sp³-hybridized carbons (Fsp3) is 0.364. The molecule has 166 valence electrons. The molecule has 1 aromatic carbocycles. The van der Waals surface area contributed by atoms with E-state index in [1.807, 2.05) is 0 Å². The Bertz CT molecular complexity index is 1140. The van der Waals surface area contributed by atoms with Crippen molar-refractivity contribution in [3.05, 3.63) is 48.2 Å². The zero-order valence-electron chi connectivity index (χ0n) is 17.3. The van der Waals surface area contributed by atoms with Gasteiger partial charge in [-0.3, -0.25) is 4.79 Å². The number of nitrogens with one attached hydrogen (secondary N) is 2. The molecule has 1 saturated heterocycles. The number of halogens is 1. The predicted molar refractivity (Wildman–Crippen MR) is 112 cm³/mol. The second-order valence-corrected chi connectivity index (χ2v) is 8.36. The van der Waals surface area contributed by atoms with Crippen molar-refractivity contribution in [3.63, 3.8) is 0 Å². The number of imidazole rings is 1. The number of benzene rings is 1. The zero-order chi connectivity index (χ0) is 22.3. The average molecular weight is 439 g/mol. The summed E-state index contributed by atoms with van der Waals surface area (Å²) < 4.78 is 24.9. The average Bonchev–Trinajstić information content (AvgIpc) is 3.49. The summed E-state index contributed by atoms with van der Waals surface area (Å²) >= 11 is 0. The van der Waals surface area contributed by atoms with Gasteiger partial charge in [0.05, 0.1) is 30.3 Å². The topological polar surface area (TPSA) is 122 Å². The van der Waals surface area contributed by atoms with E-state index < -0.39 is 17.7 Å². The fourth-order valence-corrected chi connectivity index (χ4v) is 3.37. The molecule has 3 heterocycles. The first-order valence-corrected chi connectivity index (χ1v) is 10.3. The lowest BCUT2D eigenvalue weighted by Gasteiger charge is -2.33. The van der Waals surface area contributed by atoms with Crippen LogP contribution in [0.1, 0.15) is 31.9 Å². The third-order valence-corrected chi connectivity index (χ3v) is 5.51. The monoisotopic (exact) mass is 439 g/mol. The Labute approximate surface area is 183 Å². The number of carboxylic acids is 1. The summed E-state index contributed by atoms with van der Waals surface area (Å²) in [6, 6.07) is 8.14. The Morgan fingerprint density at radius 2 is 1.91 bits per heavy atom. The first-order chi connectivity index (χ1) is 15.4. The number of aliphatic carboxylic acids is 1. The van der Waals surface area contributed by atoms with Crippen LogP contribution in [0.3, 0.4) is 0 Å². The maximum Gasteiger partial charge on any atom is 0.314 e. The van der Waals surface area contributed by atoms with Crippen LogP contribution in [0.4, 0.5) is 10.3 Å². The quantitative estimate of drug-likeness (QED) is 0.534. The van der Waals surface area contributed by atoms with Gasteiger partial charge in [0.15, 0.2) is 5.82 Å². The highest BCUT2D eigenvalue weighted by Gasteiger charge is 2.41. The Hall–Kier alpha value is -3.37. The summed E-state index contributed by atoms with van der Waals surface area (Å²) in [7, 11) is 0. The largest absolute Gasteiger partial charge is 0.481 e. The van der Waals surface area contributed by atoms with Crippen molar-refractivity contribution in [2.75, 3.05) is 18.5 Å². The molecule has 0 amide bonds. The van der Waals surface area contributed by atoms with E-state index in [1.165, 1.54) is 12.1 Å². The highest BCUT2D eigenvalue weighted by molar-refractivity contribution is 5.77. The van der Waals surface area contributed by atoms with E-state index >= 15 is 0 Å². The predicted octanol–water partition coefficient (Wildman–Crippen LogP) is 3.38. The number of ether oxygens (including phenoxy) is 2. The molecule has 0 radical (unpaired) electrons. The third-order valence-electron chi connectivity index (χ3n) is 5.51. The summed E-state index contributed by atoms with van der Waals surface area (Å²) in [5.74, 6) is -0.439. The van der Waals surface area contributed by atoms with Crippen LogP contribution in [0.5, 0.6) is 0 Å². The molecule has 1 aliphatic heterocycles. The van der Waals surface area contributed by atoms with Crippen molar-refractivity contribution in [2.45, 2.75) is 32.1 Å². The van der Waals surface area contributed by atoms with Gasteiger partial charge in [-0.2, -0.15) is 0 Å². The van der Waals surface area contributed by atoms with Gasteiger partial charge in [-0.25, -0.2) is 19.3 Å². The lowest BCUT2D eigenvalue weighted by Crippen LogP contribution is -2.42. The molecular weight excluding hydrogens is 417 g/mol. The number of aromatic amines is 1. The highest BCUT2D eigenvalue weighted by Crippen LogP contribution is 2.35. The number of anilines is 1. The Kier molecular flexibility index (Phi) is 5.10. The van der Waals surface area contributed by atoms with Crippen molar-refractivity contribution < 1.29 is 23.8 Å². The Balaban J connectivity index is 1.50. The van der Waals surface area contributed by atoms with Gasteiger partial charge >= 0.3 is 5.97 Å². The number of nitrogens with zero attached hydrogens (tertiary/aromatic N) is 3. The van der Waals surface area contributed by atoms with E-state index in [0.29, 0.717) is 40.5 Å². The van der Waals surface area contributed by atoms with Gasteiger partial charge in [0, 0.05) is 17.8 Å². The van der Waals surface area contributed by atoms with E-state index in [1.54, 1.807) is 31.3 Å². The second-order valence-electron chi connectivity index (χ2n) is 8.36. The first-order valence-electron chi connectivity index (χ1n) is 10.3. The van der Waals surface area contributed by atoms with Crippen LogP contribution in [-0.2, 0) is 14.3 Å². The lowest BCUT2D eigenvalue weighted by molar-refractivity contribution is -0.236. The van der Waals surface area contributed by atoms with E-state index in [2.05, 4.69) is 25.3 Å². The van der Waals surface area contributed by atoms with Gasteiger partial charge < -0.3 is 24.9 Å². The second kappa shape index (κ2) is 7.95. The minimum absolute atomic E-state index is 0.0160. The van der Waals surface area contributed by atoms with Gasteiger partial charge in [0.1, 0.15) is 11.2 Å². The van der Waals surface area contributed by atoms with Gasteiger partial charge in [0.25, 0.3) is 0 Å². The number of carboxylic acid groups (broad SMARTS) is 1. The van der Waals surface area contributed by atoms with Crippen LogP contribution in [-0.4, -0.2) is 50.3 Å². The van der Waals surface area contributed by atoms with Crippen LogP contribution in [0, 0.1) is 11.2 Å². The summed E-state index contributed by atoms with van der Waals surface area (Å²) in [6.45, 7) is 1.54. The minimum Gasteiger partial charge on any atom is -0.481 e. The number of aromatic nitrogens is 4. The van der Waals surface area contributed by atoms with Crippen molar-refractivity contribution >= 4 is 11.9 Å².